The lowest BCUT2D eigenvalue weighted by Gasteiger charge is -2.11. The van der Waals surface area contributed by atoms with E-state index in [2.05, 4.69) is 10.3 Å². The van der Waals surface area contributed by atoms with Crippen LogP contribution in [0.4, 0.5) is 0 Å². The lowest BCUT2D eigenvalue weighted by atomic mass is 9.94. The minimum absolute atomic E-state index is 0.144. The first-order valence-electron chi connectivity index (χ1n) is 8.45. The topological polar surface area (TPSA) is 59.1 Å². The molecule has 0 aliphatic heterocycles. The molecule has 0 fully saturated rings. The van der Waals surface area contributed by atoms with Gasteiger partial charge in [-0.05, 0) is 43.7 Å². The van der Waals surface area contributed by atoms with Crippen molar-refractivity contribution >= 4 is 11.7 Å². The second-order valence-electron chi connectivity index (χ2n) is 6.20. The average molecular weight is 344 g/mol. The summed E-state index contributed by atoms with van der Waals surface area (Å²) in [6.45, 7) is 4.16. The van der Waals surface area contributed by atoms with Crippen LogP contribution in [0.15, 0.2) is 66.9 Å². The molecule has 0 saturated carbocycles. The monoisotopic (exact) mass is 344 g/mol. The molecule has 1 heterocycles. The van der Waals surface area contributed by atoms with Crippen molar-refractivity contribution in [2.45, 2.75) is 20.4 Å². The van der Waals surface area contributed by atoms with Gasteiger partial charge in [0.1, 0.15) is 0 Å². The van der Waals surface area contributed by atoms with Crippen LogP contribution in [0.5, 0.6) is 0 Å². The molecule has 0 unspecified atom stereocenters. The fourth-order valence-electron chi connectivity index (χ4n) is 2.77. The Labute approximate surface area is 152 Å². The minimum Gasteiger partial charge on any atom is -0.346 e. The van der Waals surface area contributed by atoms with Crippen LogP contribution in [0.2, 0.25) is 0 Å². The van der Waals surface area contributed by atoms with E-state index in [9.17, 15) is 9.59 Å². The first-order chi connectivity index (χ1) is 12.6. The molecule has 2 aromatic carbocycles. The molecule has 130 valence electrons. The second-order valence-corrected chi connectivity index (χ2v) is 6.20. The van der Waals surface area contributed by atoms with Crippen LogP contribution in [0, 0.1) is 13.8 Å². The van der Waals surface area contributed by atoms with E-state index in [4.69, 9.17) is 0 Å². The molecule has 0 aliphatic rings. The van der Waals surface area contributed by atoms with Crippen molar-refractivity contribution in [1.29, 1.82) is 0 Å². The highest BCUT2D eigenvalue weighted by Gasteiger charge is 2.19. The molecular formula is C22H20N2O2. The molecular weight excluding hydrogens is 324 g/mol. The molecule has 0 saturated heterocycles. The van der Waals surface area contributed by atoms with Crippen molar-refractivity contribution in [2.24, 2.45) is 0 Å². The fourth-order valence-corrected chi connectivity index (χ4v) is 2.77. The summed E-state index contributed by atoms with van der Waals surface area (Å²) in [4.78, 5) is 29.9. The zero-order valence-corrected chi connectivity index (χ0v) is 14.8. The molecule has 3 rings (SSSR count). The van der Waals surface area contributed by atoms with Crippen LogP contribution < -0.4 is 5.32 Å². The third-order valence-electron chi connectivity index (χ3n) is 4.21. The maximum Gasteiger partial charge on any atom is 0.252 e. The Bertz CT molecular complexity index is 949. The summed E-state index contributed by atoms with van der Waals surface area (Å²) in [5.74, 6) is -0.431. The Hall–Kier alpha value is -3.27. The third-order valence-corrected chi connectivity index (χ3v) is 4.21. The van der Waals surface area contributed by atoms with Crippen LogP contribution in [-0.4, -0.2) is 16.7 Å². The first kappa shape index (κ1) is 17.5. The number of nitrogens with one attached hydrogen (secondary N) is 1. The molecule has 0 radical (unpaired) electrons. The van der Waals surface area contributed by atoms with Crippen LogP contribution in [-0.2, 0) is 6.54 Å². The summed E-state index contributed by atoms with van der Waals surface area (Å²) >= 11 is 0. The molecule has 0 spiro atoms. The Balaban J connectivity index is 1.87. The van der Waals surface area contributed by atoms with E-state index in [0.29, 0.717) is 23.2 Å². The van der Waals surface area contributed by atoms with Gasteiger partial charge in [0.25, 0.3) is 5.91 Å². The van der Waals surface area contributed by atoms with Crippen molar-refractivity contribution in [2.75, 3.05) is 0 Å². The largest absolute Gasteiger partial charge is 0.346 e. The number of amides is 1. The maximum absolute atomic E-state index is 13.0. The number of carbonyl (C=O) groups is 2. The summed E-state index contributed by atoms with van der Waals surface area (Å²) in [6, 6.07) is 18.2. The van der Waals surface area contributed by atoms with Crippen molar-refractivity contribution < 1.29 is 9.59 Å². The highest BCUT2D eigenvalue weighted by molar-refractivity contribution is 6.15. The lowest BCUT2D eigenvalue weighted by Crippen LogP contribution is -2.25. The highest BCUT2D eigenvalue weighted by Crippen LogP contribution is 2.19. The molecule has 1 aromatic heterocycles. The van der Waals surface area contributed by atoms with Gasteiger partial charge in [-0.3, -0.25) is 14.6 Å². The number of hydrogen-bond acceptors (Lipinski definition) is 3. The van der Waals surface area contributed by atoms with E-state index in [1.54, 1.807) is 30.5 Å². The van der Waals surface area contributed by atoms with Crippen LogP contribution in [0.25, 0.3) is 0 Å². The average Bonchev–Trinajstić information content (AvgIpc) is 2.68. The Kier molecular flexibility index (Phi) is 5.23. The standard InChI is InChI=1S/C22H20N2O2/c1-15-10-11-16(2)20(13-15)21(25)18-8-3-4-9-19(18)22(26)24-14-17-7-5-6-12-23-17/h3-13H,14H2,1-2H3,(H,24,26). The maximum atomic E-state index is 13.0. The first-order valence-corrected chi connectivity index (χ1v) is 8.45. The normalized spacial score (nSPS) is 10.4. The van der Waals surface area contributed by atoms with Crippen molar-refractivity contribution in [3.63, 3.8) is 0 Å². The van der Waals surface area contributed by atoms with E-state index >= 15 is 0 Å². The van der Waals surface area contributed by atoms with Gasteiger partial charge in [0.2, 0.25) is 0 Å². The summed E-state index contributed by atoms with van der Waals surface area (Å²) in [5, 5.41) is 2.83. The number of aromatic nitrogens is 1. The quantitative estimate of drug-likeness (QED) is 0.715. The SMILES string of the molecule is Cc1ccc(C)c(C(=O)c2ccccc2C(=O)NCc2ccccn2)c1. The van der Waals surface area contributed by atoms with Gasteiger partial charge in [0.15, 0.2) is 5.78 Å². The van der Waals surface area contributed by atoms with Crippen molar-refractivity contribution in [1.82, 2.24) is 10.3 Å². The van der Waals surface area contributed by atoms with Crippen molar-refractivity contribution in [3.8, 4) is 0 Å². The third kappa shape index (κ3) is 3.86. The molecule has 3 aromatic rings. The lowest BCUT2D eigenvalue weighted by molar-refractivity contribution is 0.0939. The summed E-state index contributed by atoms with van der Waals surface area (Å²) in [6.07, 6.45) is 1.68. The van der Waals surface area contributed by atoms with Gasteiger partial charge in [-0.1, -0.05) is 42.0 Å². The van der Waals surface area contributed by atoms with Crippen molar-refractivity contribution in [3.05, 3.63) is 100 Å². The number of ketones is 1. The minimum atomic E-state index is -0.287. The number of benzene rings is 2. The molecule has 1 amide bonds. The number of pyridine rings is 1. The van der Waals surface area contributed by atoms with Gasteiger partial charge in [-0.2, -0.15) is 0 Å². The van der Waals surface area contributed by atoms with Gasteiger partial charge in [0, 0.05) is 17.3 Å². The van der Waals surface area contributed by atoms with Crippen LogP contribution >= 0.6 is 0 Å². The van der Waals surface area contributed by atoms with Gasteiger partial charge < -0.3 is 5.32 Å². The van der Waals surface area contributed by atoms with E-state index in [-0.39, 0.29) is 11.7 Å². The fraction of sp³-hybridized carbons (Fsp3) is 0.136. The molecule has 4 heteroatoms. The number of rotatable bonds is 5. The van der Waals surface area contributed by atoms with Gasteiger partial charge in [0.05, 0.1) is 17.8 Å². The number of carbonyl (C=O) groups excluding carboxylic acids is 2. The summed E-state index contributed by atoms with van der Waals surface area (Å²) < 4.78 is 0. The Morgan fingerprint density at radius 3 is 2.35 bits per heavy atom. The van der Waals surface area contributed by atoms with E-state index < -0.39 is 0 Å². The molecule has 1 N–H and O–H groups in total. The molecule has 0 atom stereocenters. The number of aryl methyl sites for hydroxylation is 2. The van der Waals surface area contributed by atoms with E-state index in [0.717, 1.165) is 16.8 Å². The zero-order valence-electron chi connectivity index (χ0n) is 14.8. The Morgan fingerprint density at radius 1 is 0.885 bits per heavy atom. The van der Waals surface area contributed by atoms with Crippen LogP contribution in [0.1, 0.15) is 43.1 Å². The number of nitrogens with zero attached hydrogens (tertiary/aromatic N) is 1. The summed E-state index contributed by atoms with van der Waals surface area (Å²) in [5.41, 5.74) is 4.06. The smallest absolute Gasteiger partial charge is 0.252 e. The van der Waals surface area contributed by atoms with E-state index in [1.807, 2.05) is 50.2 Å². The predicted octanol–water partition coefficient (Wildman–Crippen LogP) is 3.86. The molecule has 0 bridgehead atoms. The molecule has 0 aliphatic carbocycles. The number of hydrogen-bond donors (Lipinski definition) is 1. The Morgan fingerprint density at radius 2 is 1.62 bits per heavy atom. The van der Waals surface area contributed by atoms with Gasteiger partial charge >= 0.3 is 0 Å². The second kappa shape index (κ2) is 7.74. The summed E-state index contributed by atoms with van der Waals surface area (Å²) in [7, 11) is 0. The highest BCUT2D eigenvalue weighted by atomic mass is 16.2. The molecule has 4 nitrogen and oxygen atoms in total. The zero-order chi connectivity index (χ0) is 18.5. The molecule has 26 heavy (non-hydrogen) atoms. The van der Waals surface area contributed by atoms with Crippen LogP contribution in [0.3, 0.4) is 0 Å². The van der Waals surface area contributed by atoms with Gasteiger partial charge in [-0.25, -0.2) is 0 Å². The van der Waals surface area contributed by atoms with E-state index in [1.165, 1.54) is 0 Å². The predicted molar refractivity (Wildman–Crippen MR) is 101 cm³/mol. The van der Waals surface area contributed by atoms with Gasteiger partial charge in [-0.15, -0.1) is 0 Å².